The molecule has 0 radical (unpaired) electrons. The summed E-state index contributed by atoms with van der Waals surface area (Å²) in [6.45, 7) is 6.00. The molecule has 96 valence electrons. The van der Waals surface area contributed by atoms with E-state index in [-0.39, 0.29) is 0 Å². The zero-order chi connectivity index (χ0) is 13.0. The Morgan fingerprint density at radius 3 is 2.72 bits per heavy atom. The molecule has 0 atom stereocenters. The lowest BCUT2D eigenvalue weighted by Gasteiger charge is -2.18. The third-order valence-corrected chi connectivity index (χ3v) is 4.48. The summed E-state index contributed by atoms with van der Waals surface area (Å²) in [4.78, 5) is 3.40. The highest BCUT2D eigenvalue weighted by Crippen LogP contribution is 2.24. The molecule has 18 heavy (non-hydrogen) atoms. The molecule has 2 rings (SSSR count). The average molecular weight is 320 g/mol. The number of hydrogen-bond acceptors (Lipinski definition) is 5. The summed E-state index contributed by atoms with van der Waals surface area (Å²) >= 11 is 14.7. The maximum Gasteiger partial charge on any atom is 0.138 e. The number of aromatic nitrogens is 2. The Labute approximate surface area is 124 Å². The van der Waals surface area contributed by atoms with Gasteiger partial charge in [0.2, 0.25) is 0 Å². The molecule has 0 amide bonds. The van der Waals surface area contributed by atoms with Crippen LogP contribution in [0.1, 0.15) is 10.6 Å². The molecule has 2 aromatic rings. The molecule has 0 aliphatic rings. The summed E-state index contributed by atoms with van der Waals surface area (Å²) < 4.78 is 5.28. The first-order valence-corrected chi connectivity index (χ1v) is 7.58. The van der Waals surface area contributed by atoms with Gasteiger partial charge in [-0.15, -0.1) is 23.0 Å². The van der Waals surface area contributed by atoms with Crippen molar-refractivity contribution in [3.8, 4) is 0 Å². The van der Waals surface area contributed by atoms with E-state index in [2.05, 4.69) is 21.1 Å². The molecule has 0 saturated heterocycles. The lowest BCUT2D eigenvalue weighted by molar-refractivity contribution is 0.285. The van der Waals surface area contributed by atoms with E-state index in [0.717, 1.165) is 23.1 Å². The molecule has 0 aliphatic heterocycles. The summed E-state index contributed by atoms with van der Waals surface area (Å²) in [5, 5.41) is 4.02. The molecule has 0 N–H and O–H groups in total. The molecule has 3 nitrogen and oxygen atoms in total. The summed E-state index contributed by atoms with van der Waals surface area (Å²) in [6.07, 6.45) is 1.86. The molecule has 2 heterocycles. The van der Waals surface area contributed by atoms with E-state index in [4.69, 9.17) is 23.2 Å². The molecule has 0 saturated carbocycles. The van der Waals surface area contributed by atoms with Gasteiger partial charge in [-0.25, -0.2) is 0 Å². The highest BCUT2D eigenvalue weighted by molar-refractivity contribution is 7.16. The number of nitrogens with zero attached hydrogens (tertiary/aromatic N) is 3. The van der Waals surface area contributed by atoms with Crippen molar-refractivity contribution in [3.63, 3.8) is 0 Å². The number of halogens is 2. The Morgan fingerprint density at radius 2 is 2.17 bits per heavy atom. The summed E-state index contributed by atoms with van der Waals surface area (Å²) in [7, 11) is 0. The van der Waals surface area contributed by atoms with Crippen molar-refractivity contribution >= 4 is 46.1 Å². The van der Waals surface area contributed by atoms with Crippen LogP contribution in [0.3, 0.4) is 0 Å². The van der Waals surface area contributed by atoms with Gasteiger partial charge in [-0.1, -0.05) is 33.8 Å². The van der Waals surface area contributed by atoms with Crippen LogP contribution in [0.5, 0.6) is 0 Å². The molecule has 0 aromatic carbocycles. The van der Waals surface area contributed by atoms with Crippen LogP contribution in [0.25, 0.3) is 0 Å². The van der Waals surface area contributed by atoms with Gasteiger partial charge in [0.05, 0.1) is 4.34 Å². The fourth-order valence-electron chi connectivity index (χ4n) is 1.53. The van der Waals surface area contributed by atoms with Gasteiger partial charge in [0, 0.05) is 36.0 Å². The zero-order valence-corrected chi connectivity index (χ0v) is 12.6. The van der Waals surface area contributed by atoms with E-state index in [1.165, 1.54) is 16.4 Å². The van der Waals surface area contributed by atoms with Gasteiger partial charge >= 0.3 is 0 Å². The van der Waals surface area contributed by atoms with Crippen molar-refractivity contribution in [1.29, 1.82) is 0 Å². The topological polar surface area (TPSA) is 29.0 Å². The quantitative estimate of drug-likeness (QED) is 0.751. The largest absolute Gasteiger partial charge is 0.289 e. The van der Waals surface area contributed by atoms with Crippen molar-refractivity contribution in [3.05, 3.63) is 44.0 Å². The van der Waals surface area contributed by atoms with E-state index in [0.29, 0.717) is 10.9 Å². The second-order valence-corrected chi connectivity index (χ2v) is 6.81. The van der Waals surface area contributed by atoms with Crippen LogP contribution in [-0.4, -0.2) is 21.0 Å². The second kappa shape index (κ2) is 6.63. The minimum Gasteiger partial charge on any atom is -0.289 e. The van der Waals surface area contributed by atoms with Crippen LogP contribution in [0.2, 0.25) is 8.67 Å². The molecule has 0 bridgehead atoms. The van der Waals surface area contributed by atoms with Gasteiger partial charge in [-0.3, -0.25) is 4.90 Å². The molecule has 0 unspecified atom stereocenters. The second-order valence-electron chi connectivity index (χ2n) is 3.66. The van der Waals surface area contributed by atoms with Crippen LogP contribution < -0.4 is 0 Å². The standard InChI is InChI=1S/C11H11Cl2N3S2/c1-2-5-16(6-8-3-4-10(12)17-8)7-9-11(13)18-15-14-9/h2-4H,1,5-7H2. The average Bonchev–Trinajstić information content (AvgIpc) is 2.90. The molecule has 0 spiro atoms. The first-order valence-electron chi connectivity index (χ1n) is 5.23. The normalized spacial score (nSPS) is 11.1. The highest BCUT2D eigenvalue weighted by atomic mass is 35.5. The fourth-order valence-corrected chi connectivity index (χ4v) is 3.27. The Kier molecular flexibility index (Phi) is 5.14. The van der Waals surface area contributed by atoms with E-state index >= 15 is 0 Å². The van der Waals surface area contributed by atoms with Crippen molar-refractivity contribution in [2.24, 2.45) is 0 Å². The van der Waals surface area contributed by atoms with Gasteiger partial charge < -0.3 is 0 Å². The Morgan fingerprint density at radius 1 is 1.33 bits per heavy atom. The highest BCUT2D eigenvalue weighted by Gasteiger charge is 2.12. The molecule has 0 aliphatic carbocycles. The Balaban J connectivity index is 2.04. The van der Waals surface area contributed by atoms with Crippen molar-refractivity contribution in [2.45, 2.75) is 13.1 Å². The van der Waals surface area contributed by atoms with Gasteiger partial charge in [0.1, 0.15) is 10.0 Å². The number of thiophene rings is 1. The predicted octanol–water partition coefficient (Wildman–Crippen LogP) is 4.09. The van der Waals surface area contributed by atoms with Crippen LogP contribution in [0.15, 0.2) is 24.8 Å². The van der Waals surface area contributed by atoms with E-state index in [1.54, 1.807) is 11.3 Å². The van der Waals surface area contributed by atoms with Gasteiger partial charge in [0.25, 0.3) is 0 Å². The summed E-state index contributed by atoms with van der Waals surface area (Å²) in [6, 6.07) is 3.94. The lowest BCUT2D eigenvalue weighted by Crippen LogP contribution is -2.22. The molecular weight excluding hydrogens is 309 g/mol. The summed E-state index contributed by atoms with van der Waals surface area (Å²) in [5.74, 6) is 0. The minimum absolute atomic E-state index is 0.647. The van der Waals surface area contributed by atoms with Crippen LogP contribution in [0, 0.1) is 0 Å². The Hall–Kier alpha value is -0.460. The third kappa shape index (κ3) is 3.76. The molecule has 7 heteroatoms. The first-order chi connectivity index (χ1) is 8.69. The zero-order valence-electron chi connectivity index (χ0n) is 9.47. The lowest BCUT2D eigenvalue weighted by atomic mass is 10.3. The molecular formula is C11H11Cl2N3S2. The maximum atomic E-state index is 6.01. The van der Waals surface area contributed by atoms with Crippen LogP contribution >= 0.6 is 46.1 Å². The van der Waals surface area contributed by atoms with Crippen molar-refractivity contribution in [1.82, 2.24) is 14.5 Å². The monoisotopic (exact) mass is 319 g/mol. The number of rotatable bonds is 6. The fraction of sp³-hybridized carbons (Fsp3) is 0.273. The number of hydrogen-bond donors (Lipinski definition) is 0. The Bertz CT molecular complexity index is 524. The van der Waals surface area contributed by atoms with Gasteiger partial charge in [-0.2, -0.15) is 0 Å². The smallest absolute Gasteiger partial charge is 0.138 e. The molecule has 2 aromatic heterocycles. The van der Waals surface area contributed by atoms with Crippen molar-refractivity contribution < 1.29 is 0 Å². The van der Waals surface area contributed by atoms with Gasteiger partial charge in [0.15, 0.2) is 0 Å². The maximum absolute atomic E-state index is 6.01. The van der Waals surface area contributed by atoms with E-state index < -0.39 is 0 Å². The van der Waals surface area contributed by atoms with Gasteiger partial charge in [-0.05, 0) is 12.1 Å². The minimum atomic E-state index is 0.647. The SMILES string of the molecule is C=CCN(Cc1ccc(Cl)s1)Cc1nnsc1Cl. The molecule has 0 fully saturated rings. The van der Waals surface area contributed by atoms with Crippen LogP contribution in [-0.2, 0) is 13.1 Å². The third-order valence-electron chi connectivity index (χ3n) is 2.28. The van der Waals surface area contributed by atoms with E-state index in [9.17, 15) is 0 Å². The van der Waals surface area contributed by atoms with E-state index in [1.807, 2.05) is 18.2 Å². The first kappa shape index (κ1) is 14.0. The van der Waals surface area contributed by atoms with Crippen molar-refractivity contribution in [2.75, 3.05) is 6.54 Å². The summed E-state index contributed by atoms with van der Waals surface area (Å²) in [5.41, 5.74) is 0.811. The predicted molar refractivity (Wildman–Crippen MR) is 78.6 cm³/mol. The van der Waals surface area contributed by atoms with Crippen LogP contribution in [0.4, 0.5) is 0 Å².